The number of hydrogen-bond acceptors (Lipinski definition) is 2. The zero-order valence-electron chi connectivity index (χ0n) is 12.0. The molecule has 2 fully saturated rings. The average Bonchev–Trinajstić information content (AvgIpc) is 3.21. The normalized spacial score (nSPS) is 24.8. The minimum atomic E-state index is -0.0859. The molecule has 2 nitrogen and oxygen atoms in total. The van der Waals surface area contributed by atoms with Crippen molar-refractivity contribution in [3.63, 3.8) is 0 Å². The molecule has 2 N–H and O–H groups in total. The molecule has 106 valence electrons. The molecule has 2 aliphatic carbocycles. The molecular weight excluding hydrogens is 224 g/mol. The van der Waals surface area contributed by atoms with Crippen LogP contribution in [-0.2, 0) is 0 Å². The van der Waals surface area contributed by atoms with Crippen molar-refractivity contribution in [3.8, 4) is 0 Å². The van der Waals surface area contributed by atoms with Crippen molar-refractivity contribution in [1.82, 2.24) is 0 Å². The molecule has 2 heteroatoms. The Bertz CT molecular complexity index is 254. The van der Waals surface area contributed by atoms with Gasteiger partial charge < -0.3 is 10.2 Å². The first kappa shape index (κ1) is 14.3. The van der Waals surface area contributed by atoms with Crippen LogP contribution in [0.4, 0.5) is 0 Å². The summed E-state index contributed by atoms with van der Waals surface area (Å²) in [4.78, 5) is 0. The lowest BCUT2D eigenvalue weighted by atomic mass is 9.93. The maximum Gasteiger partial charge on any atom is 0.0540 e. The fourth-order valence-corrected chi connectivity index (χ4v) is 3.12. The predicted molar refractivity (Wildman–Crippen MR) is 74.4 cm³/mol. The van der Waals surface area contributed by atoms with E-state index in [0.717, 1.165) is 25.7 Å². The Morgan fingerprint density at radius 2 is 1.56 bits per heavy atom. The molecule has 2 saturated carbocycles. The third-order valence-electron chi connectivity index (χ3n) is 5.26. The smallest absolute Gasteiger partial charge is 0.0540 e. The van der Waals surface area contributed by atoms with Crippen LogP contribution < -0.4 is 0 Å². The third kappa shape index (κ3) is 4.55. The van der Waals surface area contributed by atoms with Gasteiger partial charge in [-0.25, -0.2) is 0 Å². The zero-order chi connectivity index (χ0) is 13.1. The average molecular weight is 254 g/mol. The molecule has 0 spiro atoms. The van der Waals surface area contributed by atoms with E-state index in [0.29, 0.717) is 17.4 Å². The fraction of sp³-hybridized carbons (Fsp3) is 1.00. The summed E-state index contributed by atoms with van der Waals surface area (Å²) in [5.74, 6) is 0. The second-order valence-corrected chi connectivity index (χ2v) is 7.22. The maximum absolute atomic E-state index is 9.96. The number of aliphatic hydroxyl groups excluding tert-OH is 2. The van der Waals surface area contributed by atoms with Gasteiger partial charge in [0.05, 0.1) is 6.10 Å². The summed E-state index contributed by atoms with van der Waals surface area (Å²) in [6.45, 7) is 2.70. The van der Waals surface area contributed by atoms with Gasteiger partial charge in [0.1, 0.15) is 0 Å². The van der Waals surface area contributed by atoms with Gasteiger partial charge in [-0.3, -0.25) is 0 Å². The van der Waals surface area contributed by atoms with Gasteiger partial charge in [0.25, 0.3) is 0 Å². The minimum Gasteiger partial charge on any atom is -0.396 e. The molecule has 1 unspecified atom stereocenters. The van der Waals surface area contributed by atoms with E-state index in [1.54, 1.807) is 0 Å². The van der Waals surface area contributed by atoms with E-state index in [-0.39, 0.29) is 6.10 Å². The Hall–Kier alpha value is -0.0800. The Balaban J connectivity index is 1.48. The highest BCUT2D eigenvalue weighted by molar-refractivity contribution is 4.92. The Morgan fingerprint density at radius 1 is 0.944 bits per heavy atom. The monoisotopic (exact) mass is 254 g/mol. The molecule has 0 aromatic heterocycles. The molecular formula is C16H30O2. The Kier molecular flexibility index (Phi) is 4.71. The molecule has 0 aliphatic heterocycles. The third-order valence-corrected chi connectivity index (χ3v) is 5.26. The molecule has 0 amide bonds. The predicted octanol–water partition coefficient (Wildman–Crippen LogP) is 3.65. The van der Waals surface area contributed by atoms with Crippen LogP contribution in [0.15, 0.2) is 0 Å². The molecule has 0 heterocycles. The number of hydrogen-bond donors (Lipinski definition) is 2. The van der Waals surface area contributed by atoms with Crippen LogP contribution in [0.1, 0.15) is 77.6 Å². The zero-order valence-corrected chi connectivity index (χ0v) is 12.0. The minimum absolute atomic E-state index is 0.0859. The lowest BCUT2D eigenvalue weighted by molar-refractivity contribution is 0.141. The number of aliphatic hydroxyl groups is 2. The van der Waals surface area contributed by atoms with Gasteiger partial charge in [0.15, 0.2) is 0 Å². The lowest BCUT2D eigenvalue weighted by Gasteiger charge is -2.16. The fourth-order valence-electron chi connectivity index (χ4n) is 3.12. The van der Waals surface area contributed by atoms with Gasteiger partial charge in [-0.15, -0.1) is 0 Å². The van der Waals surface area contributed by atoms with Crippen molar-refractivity contribution in [2.75, 3.05) is 6.61 Å². The van der Waals surface area contributed by atoms with Crippen molar-refractivity contribution in [2.24, 2.45) is 10.8 Å². The molecule has 0 saturated heterocycles. The first-order valence-electron chi connectivity index (χ1n) is 7.87. The van der Waals surface area contributed by atoms with Crippen molar-refractivity contribution >= 4 is 0 Å². The van der Waals surface area contributed by atoms with E-state index in [9.17, 15) is 5.11 Å². The summed E-state index contributed by atoms with van der Waals surface area (Å²) in [7, 11) is 0. The Morgan fingerprint density at radius 3 is 2.06 bits per heavy atom. The second-order valence-electron chi connectivity index (χ2n) is 7.22. The van der Waals surface area contributed by atoms with Crippen LogP contribution in [0, 0.1) is 10.8 Å². The lowest BCUT2D eigenvalue weighted by Crippen LogP contribution is -2.10. The van der Waals surface area contributed by atoms with Crippen LogP contribution in [0.5, 0.6) is 0 Å². The van der Waals surface area contributed by atoms with Gasteiger partial charge in [0, 0.05) is 6.61 Å². The summed E-state index contributed by atoms with van der Waals surface area (Å²) in [6.07, 6.45) is 13.1. The molecule has 1 atom stereocenters. The summed E-state index contributed by atoms with van der Waals surface area (Å²) in [6, 6.07) is 0. The molecule has 0 bridgehead atoms. The van der Waals surface area contributed by atoms with E-state index in [1.807, 2.05) is 0 Å². The van der Waals surface area contributed by atoms with E-state index >= 15 is 0 Å². The van der Waals surface area contributed by atoms with Crippen LogP contribution in [-0.4, -0.2) is 22.9 Å². The highest BCUT2D eigenvalue weighted by Crippen LogP contribution is 2.52. The van der Waals surface area contributed by atoms with E-state index in [1.165, 1.54) is 44.9 Å². The van der Waals surface area contributed by atoms with E-state index < -0.39 is 0 Å². The summed E-state index contributed by atoms with van der Waals surface area (Å²) in [5, 5.41) is 19.0. The van der Waals surface area contributed by atoms with Gasteiger partial charge in [-0.1, -0.05) is 19.8 Å². The molecule has 0 aromatic carbocycles. The molecule has 2 rings (SSSR count). The van der Waals surface area contributed by atoms with Gasteiger partial charge in [-0.05, 0) is 68.6 Å². The van der Waals surface area contributed by atoms with Crippen LogP contribution in [0.3, 0.4) is 0 Å². The van der Waals surface area contributed by atoms with Crippen LogP contribution >= 0.6 is 0 Å². The van der Waals surface area contributed by atoms with Crippen molar-refractivity contribution in [2.45, 2.75) is 83.7 Å². The SMILES string of the molecule is CC1(CCCC(O)CCCC2(CCO)CC2)CC1. The quantitative estimate of drug-likeness (QED) is 0.625. The Labute approximate surface area is 112 Å². The second kappa shape index (κ2) is 5.92. The van der Waals surface area contributed by atoms with Gasteiger partial charge in [0.2, 0.25) is 0 Å². The summed E-state index contributed by atoms with van der Waals surface area (Å²) in [5.41, 5.74) is 1.11. The largest absolute Gasteiger partial charge is 0.396 e. The van der Waals surface area contributed by atoms with Crippen LogP contribution in [0.2, 0.25) is 0 Å². The van der Waals surface area contributed by atoms with Crippen LogP contribution in [0.25, 0.3) is 0 Å². The highest BCUT2D eigenvalue weighted by atomic mass is 16.3. The van der Waals surface area contributed by atoms with E-state index in [4.69, 9.17) is 5.11 Å². The first-order chi connectivity index (χ1) is 8.58. The molecule has 0 aromatic rings. The first-order valence-corrected chi connectivity index (χ1v) is 7.87. The molecule has 2 aliphatic rings. The van der Waals surface area contributed by atoms with Crippen molar-refractivity contribution < 1.29 is 10.2 Å². The van der Waals surface area contributed by atoms with Gasteiger partial charge >= 0.3 is 0 Å². The van der Waals surface area contributed by atoms with Crippen molar-refractivity contribution in [1.29, 1.82) is 0 Å². The van der Waals surface area contributed by atoms with Crippen molar-refractivity contribution in [3.05, 3.63) is 0 Å². The number of rotatable bonds is 10. The maximum atomic E-state index is 9.96. The molecule has 0 radical (unpaired) electrons. The highest BCUT2D eigenvalue weighted by Gasteiger charge is 2.41. The van der Waals surface area contributed by atoms with Gasteiger partial charge in [-0.2, -0.15) is 0 Å². The summed E-state index contributed by atoms with van der Waals surface area (Å²) >= 11 is 0. The topological polar surface area (TPSA) is 40.5 Å². The standard InChI is InChI=1S/C16H30O2/c1-15(8-9-15)6-2-4-14(18)5-3-7-16(10-11-16)12-13-17/h14,17-18H,2-13H2,1H3. The van der Waals surface area contributed by atoms with E-state index in [2.05, 4.69) is 6.92 Å². The summed E-state index contributed by atoms with van der Waals surface area (Å²) < 4.78 is 0. The molecule has 18 heavy (non-hydrogen) atoms.